The highest BCUT2D eigenvalue weighted by atomic mass is 35.5. The molecule has 5 nitrogen and oxygen atoms in total. The lowest BCUT2D eigenvalue weighted by atomic mass is 10.1. The summed E-state index contributed by atoms with van der Waals surface area (Å²) in [7, 11) is 0. The van der Waals surface area contributed by atoms with E-state index >= 15 is 0 Å². The van der Waals surface area contributed by atoms with Crippen LogP contribution in [-0.4, -0.2) is 49.1 Å². The normalized spacial score (nSPS) is 15.3. The Labute approximate surface area is 164 Å². The van der Waals surface area contributed by atoms with Crippen LogP contribution in [-0.2, 0) is 20.7 Å². The molecule has 0 spiro atoms. The summed E-state index contributed by atoms with van der Waals surface area (Å²) in [6.07, 6.45) is -0.748. The first-order chi connectivity index (χ1) is 13.0. The zero-order valence-corrected chi connectivity index (χ0v) is 16.1. The second-order valence-electron chi connectivity index (χ2n) is 6.55. The van der Waals surface area contributed by atoms with Crippen LogP contribution in [0.15, 0.2) is 54.6 Å². The predicted octanol–water partition coefficient (Wildman–Crippen LogP) is 3.16. The van der Waals surface area contributed by atoms with Gasteiger partial charge in [0.1, 0.15) is 0 Å². The van der Waals surface area contributed by atoms with E-state index in [1.807, 2.05) is 24.3 Å². The van der Waals surface area contributed by atoms with Gasteiger partial charge in [0, 0.05) is 36.9 Å². The van der Waals surface area contributed by atoms with Gasteiger partial charge in [-0.1, -0.05) is 48.0 Å². The molecule has 0 bridgehead atoms. The molecule has 0 N–H and O–H groups in total. The van der Waals surface area contributed by atoms with Crippen LogP contribution >= 0.6 is 11.6 Å². The first-order valence-electron chi connectivity index (χ1n) is 9.06. The number of hydrogen-bond donors (Lipinski definition) is 0. The number of halogens is 1. The number of nitrogens with zero attached hydrogens (tertiary/aromatic N) is 2. The maximum Gasteiger partial charge on any atom is 0.311 e. The molecule has 1 amide bonds. The molecule has 1 fully saturated rings. The summed E-state index contributed by atoms with van der Waals surface area (Å²) in [6, 6.07) is 17.3. The van der Waals surface area contributed by atoms with Gasteiger partial charge in [-0.2, -0.15) is 0 Å². The average Bonchev–Trinajstić information content (AvgIpc) is 2.70. The average molecular weight is 387 g/mol. The fraction of sp³-hybridized carbons (Fsp3) is 0.333. The van der Waals surface area contributed by atoms with Crippen molar-refractivity contribution in [1.29, 1.82) is 0 Å². The summed E-state index contributed by atoms with van der Waals surface area (Å²) in [5.74, 6) is -0.609. The maximum absolute atomic E-state index is 12.6. The number of carbonyl (C=O) groups excluding carboxylic acids is 2. The van der Waals surface area contributed by atoms with Crippen molar-refractivity contribution in [1.82, 2.24) is 4.90 Å². The minimum Gasteiger partial charge on any atom is -0.452 e. The summed E-state index contributed by atoms with van der Waals surface area (Å²) in [4.78, 5) is 28.7. The van der Waals surface area contributed by atoms with Gasteiger partial charge in [-0.15, -0.1) is 0 Å². The molecule has 0 radical (unpaired) electrons. The van der Waals surface area contributed by atoms with Gasteiger partial charge >= 0.3 is 5.97 Å². The van der Waals surface area contributed by atoms with Crippen molar-refractivity contribution in [3.63, 3.8) is 0 Å². The molecule has 1 aliphatic heterocycles. The molecule has 0 aromatic heterocycles. The van der Waals surface area contributed by atoms with Gasteiger partial charge in [-0.25, -0.2) is 0 Å². The molecular formula is C21H23ClN2O3. The second-order valence-corrected chi connectivity index (χ2v) is 6.96. The molecule has 2 aromatic rings. The number of hydrogen-bond acceptors (Lipinski definition) is 4. The molecular weight excluding hydrogens is 364 g/mol. The van der Waals surface area contributed by atoms with Crippen LogP contribution in [0.2, 0.25) is 5.02 Å². The maximum atomic E-state index is 12.6. The highest BCUT2D eigenvalue weighted by Gasteiger charge is 2.27. The summed E-state index contributed by atoms with van der Waals surface area (Å²) < 4.78 is 5.33. The lowest BCUT2D eigenvalue weighted by molar-refractivity contribution is -0.158. The van der Waals surface area contributed by atoms with Crippen LogP contribution in [0.4, 0.5) is 5.69 Å². The molecule has 1 saturated heterocycles. The first kappa shape index (κ1) is 19.2. The van der Waals surface area contributed by atoms with Crippen molar-refractivity contribution >= 4 is 29.2 Å². The number of benzene rings is 2. The van der Waals surface area contributed by atoms with E-state index in [9.17, 15) is 9.59 Å². The topological polar surface area (TPSA) is 49.9 Å². The number of amides is 1. The third-order valence-electron chi connectivity index (χ3n) is 4.66. The Morgan fingerprint density at radius 1 is 1.00 bits per heavy atom. The highest BCUT2D eigenvalue weighted by molar-refractivity contribution is 6.31. The minimum atomic E-state index is -0.803. The third kappa shape index (κ3) is 5.01. The van der Waals surface area contributed by atoms with E-state index in [1.165, 1.54) is 0 Å². The van der Waals surface area contributed by atoms with E-state index in [4.69, 9.17) is 16.3 Å². The standard InChI is InChI=1S/C21H23ClN2O3/c1-16(27-20(25)15-17-7-5-6-10-19(17)22)21(26)24-13-11-23(12-14-24)18-8-3-2-4-9-18/h2-10,16H,11-15H2,1H3/t16-/m1/s1. The first-order valence-corrected chi connectivity index (χ1v) is 9.44. The highest BCUT2D eigenvalue weighted by Crippen LogP contribution is 2.18. The Bertz CT molecular complexity index is 789. The van der Waals surface area contributed by atoms with E-state index in [2.05, 4.69) is 17.0 Å². The molecule has 6 heteroatoms. The van der Waals surface area contributed by atoms with Crippen molar-refractivity contribution in [2.45, 2.75) is 19.4 Å². The minimum absolute atomic E-state index is 0.0546. The SMILES string of the molecule is C[C@@H](OC(=O)Cc1ccccc1Cl)C(=O)N1CCN(c2ccccc2)CC1. The van der Waals surface area contributed by atoms with Crippen LogP contribution in [0.5, 0.6) is 0 Å². The zero-order chi connectivity index (χ0) is 19.2. The monoisotopic (exact) mass is 386 g/mol. The van der Waals surface area contributed by atoms with E-state index in [0.29, 0.717) is 23.7 Å². The molecule has 0 unspecified atom stereocenters. The quantitative estimate of drug-likeness (QED) is 0.741. The molecule has 2 aromatic carbocycles. The Hall–Kier alpha value is -2.53. The van der Waals surface area contributed by atoms with Crippen LogP contribution in [0.25, 0.3) is 0 Å². The molecule has 0 aliphatic carbocycles. The summed E-state index contributed by atoms with van der Waals surface area (Å²) in [5.41, 5.74) is 1.85. The number of rotatable bonds is 5. The predicted molar refractivity (Wildman–Crippen MR) is 106 cm³/mol. The molecule has 1 aliphatic rings. The van der Waals surface area contributed by atoms with Gasteiger partial charge in [0.05, 0.1) is 6.42 Å². The fourth-order valence-corrected chi connectivity index (χ4v) is 3.37. The van der Waals surface area contributed by atoms with Crippen LogP contribution in [0, 0.1) is 0 Å². The van der Waals surface area contributed by atoms with Crippen molar-refractivity contribution in [3.8, 4) is 0 Å². The molecule has 142 valence electrons. The molecule has 27 heavy (non-hydrogen) atoms. The lowest BCUT2D eigenvalue weighted by Crippen LogP contribution is -2.51. The fourth-order valence-electron chi connectivity index (χ4n) is 3.17. The van der Waals surface area contributed by atoms with E-state index in [1.54, 1.807) is 30.0 Å². The number of carbonyl (C=O) groups is 2. The van der Waals surface area contributed by atoms with Crippen molar-refractivity contribution in [2.24, 2.45) is 0 Å². The van der Waals surface area contributed by atoms with Crippen LogP contribution in [0.3, 0.4) is 0 Å². The molecule has 1 heterocycles. The largest absolute Gasteiger partial charge is 0.452 e. The van der Waals surface area contributed by atoms with Gasteiger partial charge in [0.25, 0.3) is 5.91 Å². The summed E-state index contributed by atoms with van der Waals surface area (Å²) in [5, 5.41) is 0.519. The van der Waals surface area contributed by atoms with Gasteiger partial charge in [0.2, 0.25) is 0 Å². The Balaban J connectivity index is 1.49. The lowest BCUT2D eigenvalue weighted by Gasteiger charge is -2.37. The van der Waals surface area contributed by atoms with Crippen molar-refractivity contribution < 1.29 is 14.3 Å². The van der Waals surface area contributed by atoms with Gasteiger partial charge in [0.15, 0.2) is 6.10 Å². The number of ether oxygens (including phenoxy) is 1. The molecule has 3 rings (SSSR count). The summed E-state index contributed by atoms with van der Waals surface area (Å²) in [6.45, 7) is 4.36. The van der Waals surface area contributed by atoms with Gasteiger partial charge < -0.3 is 14.5 Å². The zero-order valence-electron chi connectivity index (χ0n) is 15.3. The number of para-hydroxylation sites is 1. The Kier molecular flexibility index (Phi) is 6.35. The third-order valence-corrected chi connectivity index (χ3v) is 5.03. The van der Waals surface area contributed by atoms with E-state index in [-0.39, 0.29) is 12.3 Å². The van der Waals surface area contributed by atoms with E-state index in [0.717, 1.165) is 18.8 Å². The molecule has 0 saturated carbocycles. The smallest absolute Gasteiger partial charge is 0.311 e. The van der Waals surface area contributed by atoms with Crippen LogP contribution < -0.4 is 4.90 Å². The Morgan fingerprint density at radius 2 is 1.63 bits per heavy atom. The van der Waals surface area contributed by atoms with Gasteiger partial charge in [-0.05, 0) is 30.7 Å². The van der Waals surface area contributed by atoms with Crippen molar-refractivity contribution in [2.75, 3.05) is 31.1 Å². The van der Waals surface area contributed by atoms with Gasteiger partial charge in [-0.3, -0.25) is 9.59 Å². The number of piperazine rings is 1. The summed E-state index contributed by atoms with van der Waals surface area (Å²) >= 11 is 6.07. The second kappa shape index (κ2) is 8.91. The Morgan fingerprint density at radius 3 is 2.30 bits per heavy atom. The van der Waals surface area contributed by atoms with E-state index < -0.39 is 12.1 Å². The van der Waals surface area contributed by atoms with Crippen molar-refractivity contribution in [3.05, 3.63) is 65.2 Å². The molecule has 1 atom stereocenters. The van der Waals surface area contributed by atoms with Crippen LogP contribution in [0.1, 0.15) is 12.5 Å². The number of esters is 1. The number of anilines is 1.